The van der Waals surface area contributed by atoms with E-state index in [1.54, 1.807) is 30.3 Å². The summed E-state index contributed by atoms with van der Waals surface area (Å²) in [6, 6.07) is 12.7. The molecule has 2 aromatic rings. The van der Waals surface area contributed by atoms with Gasteiger partial charge in [0.05, 0.1) is 11.3 Å². The molecule has 0 aliphatic carbocycles. The second-order valence-electron chi connectivity index (χ2n) is 4.16. The molecule has 2 aromatic carbocycles. The van der Waals surface area contributed by atoms with E-state index in [-0.39, 0.29) is 18.0 Å². The average Bonchev–Trinajstić information content (AvgIpc) is 2.41. The smallest absolute Gasteiger partial charge is 0.271 e. The van der Waals surface area contributed by atoms with Crippen molar-refractivity contribution in [2.45, 2.75) is 6.42 Å². The number of nitro benzene ring substituents is 1. The molecular formula is C14H11ClN2O3. The summed E-state index contributed by atoms with van der Waals surface area (Å²) in [4.78, 5) is 22.0. The lowest BCUT2D eigenvalue weighted by Gasteiger charge is -2.05. The Morgan fingerprint density at radius 3 is 2.55 bits per heavy atom. The lowest BCUT2D eigenvalue weighted by Crippen LogP contribution is -2.14. The van der Waals surface area contributed by atoms with Crippen LogP contribution in [0.4, 0.5) is 11.4 Å². The number of carbonyl (C=O) groups excluding carboxylic acids is 1. The van der Waals surface area contributed by atoms with Crippen LogP contribution in [0.25, 0.3) is 0 Å². The molecule has 0 bridgehead atoms. The molecule has 102 valence electrons. The van der Waals surface area contributed by atoms with E-state index in [0.717, 1.165) is 5.56 Å². The molecular weight excluding hydrogens is 280 g/mol. The third-order valence-electron chi connectivity index (χ3n) is 2.62. The fourth-order valence-corrected chi connectivity index (χ4v) is 1.82. The van der Waals surface area contributed by atoms with E-state index in [1.807, 2.05) is 0 Å². The number of halogens is 1. The van der Waals surface area contributed by atoms with Gasteiger partial charge in [0.1, 0.15) is 0 Å². The molecule has 6 heteroatoms. The van der Waals surface area contributed by atoms with Gasteiger partial charge in [-0.2, -0.15) is 0 Å². The third kappa shape index (κ3) is 3.80. The van der Waals surface area contributed by atoms with Gasteiger partial charge >= 0.3 is 0 Å². The molecule has 0 radical (unpaired) electrons. The highest BCUT2D eigenvalue weighted by molar-refractivity contribution is 6.30. The summed E-state index contributed by atoms with van der Waals surface area (Å²) >= 11 is 5.76. The summed E-state index contributed by atoms with van der Waals surface area (Å²) in [6.45, 7) is 0. The van der Waals surface area contributed by atoms with Crippen LogP contribution in [-0.4, -0.2) is 10.8 Å². The van der Waals surface area contributed by atoms with Gasteiger partial charge in [0.25, 0.3) is 5.69 Å². The van der Waals surface area contributed by atoms with Gasteiger partial charge in [-0.25, -0.2) is 0 Å². The summed E-state index contributed by atoms with van der Waals surface area (Å²) in [7, 11) is 0. The quantitative estimate of drug-likeness (QED) is 0.692. The van der Waals surface area contributed by atoms with E-state index < -0.39 is 4.92 Å². The molecule has 0 fully saturated rings. The minimum Gasteiger partial charge on any atom is -0.326 e. The number of nitrogens with one attached hydrogen (secondary N) is 1. The highest BCUT2D eigenvalue weighted by Gasteiger charge is 2.08. The van der Waals surface area contributed by atoms with Gasteiger partial charge < -0.3 is 5.32 Å². The lowest BCUT2D eigenvalue weighted by atomic mass is 10.1. The van der Waals surface area contributed by atoms with Crippen molar-refractivity contribution < 1.29 is 9.72 Å². The number of hydrogen-bond acceptors (Lipinski definition) is 3. The fourth-order valence-electron chi connectivity index (χ4n) is 1.69. The molecule has 0 spiro atoms. The van der Waals surface area contributed by atoms with Crippen molar-refractivity contribution in [3.05, 3.63) is 69.2 Å². The molecule has 1 N–H and O–H groups in total. The van der Waals surface area contributed by atoms with Crippen LogP contribution < -0.4 is 5.32 Å². The Balaban J connectivity index is 2.02. The molecule has 5 nitrogen and oxygen atoms in total. The molecule has 0 aliphatic heterocycles. The topological polar surface area (TPSA) is 72.2 Å². The Hall–Kier alpha value is -2.40. The normalized spacial score (nSPS) is 10.1. The molecule has 0 unspecified atom stereocenters. The molecule has 0 aliphatic rings. The van der Waals surface area contributed by atoms with E-state index in [4.69, 9.17) is 11.6 Å². The number of rotatable bonds is 4. The van der Waals surface area contributed by atoms with Crippen LogP contribution in [0.5, 0.6) is 0 Å². The van der Waals surface area contributed by atoms with E-state index >= 15 is 0 Å². The van der Waals surface area contributed by atoms with E-state index in [1.165, 1.54) is 18.2 Å². The highest BCUT2D eigenvalue weighted by Crippen LogP contribution is 2.17. The van der Waals surface area contributed by atoms with Crippen LogP contribution in [0.3, 0.4) is 0 Å². The maximum absolute atomic E-state index is 11.8. The minimum absolute atomic E-state index is 0.0608. The fraction of sp³-hybridized carbons (Fsp3) is 0.0714. The number of nitro groups is 1. The minimum atomic E-state index is -0.505. The zero-order valence-corrected chi connectivity index (χ0v) is 11.1. The standard InChI is InChI=1S/C14H11ClN2O3/c15-11-6-4-10(5-7-11)8-14(18)16-12-2-1-3-13(9-12)17(19)20/h1-7,9H,8H2,(H,16,18). The molecule has 0 atom stereocenters. The number of anilines is 1. The maximum Gasteiger partial charge on any atom is 0.271 e. The first kappa shape index (κ1) is 14.0. The number of amides is 1. The van der Waals surface area contributed by atoms with Gasteiger partial charge in [0, 0.05) is 22.8 Å². The molecule has 0 heterocycles. The SMILES string of the molecule is O=C(Cc1ccc(Cl)cc1)Nc1cccc([N+](=O)[O-])c1. The van der Waals surface area contributed by atoms with Crippen molar-refractivity contribution in [1.82, 2.24) is 0 Å². The summed E-state index contributed by atoms with van der Waals surface area (Å²) in [5.41, 5.74) is 1.16. The largest absolute Gasteiger partial charge is 0.326 e. The Morgan fingerprint density at radius 2 is 1.90 bits per heavy atom. The summed E-state index contributed by atoms with van der Waals surface area (Å²) in [5.74, 6) is -0.243. The van der Waals surface area contributed by atoms with Gasteiger partial charge in [-0.05, 0) is 23.8 Å². The second-order valence-corrected chi connectivity index (χ2v) is 4.60. The van der Waals surface area contributed by atoms with Crippen molar-refractivity contribution in [1.29, 1.82) is 0 Å². The predicted octanol–water partition coefficient (Wildman–Crippen LogP) is 3.43. The van der Waals surface area contributed by atoms with Crippen molar-refractivity contribution in [3.63, 3.8) is 0 Å². The summed E-state index contributed by atoms with van der Waals surface area (Å²) in [6.07, 6.45) is 0.180. The number of non-ortho nitro benzene ring substituents is 1. The van der Waals surface area contributed by atoms with Crippen LogP contribution in [0.15, 0.2) is 48.5 Å². The van der Waals surface area contributed by atoms with Crippen molar-refractivity contribution in [3.8, 4) is 0 Å². The zero-order valence-electron chi connectivity index (χ0n) is 10.4. The summed E-state index contributed by atoms with van der Waals surface area (Å²) in [5, 5.41) is 13.9. The average molecular weight is 291 g/mol. The molecule has 20 heavy (non-hydrogen) atoms. The zero-order chi connectivity index (χ0) is 14.5. The first-order chi connectivity index (χ1) is 9.54. The highest BCUT2D eigenvalue weighted by atomic mass is 35.5. The van der Waals surface area contributed by atoms with Crippen LogP contribution in [0.2, 0.25) is 5.02 Å². The first-order valence-corrected chi connectivity index (χ1v) is 6.21. The number of hydrogen-bond donors (Lipinski definition) is 1. The monoisotopic (exact) mass is 290 g/mol. The van der Waals surface area contributed by atoms with Gasteiger partial charge in [-0.15, -0.1) is 0 Å². The van der Waals surface area contributed by atoms with E-state index in [2.05, 4.69) is 5.32 Å². The number of nitrogens with zero attached hydrogens (tertiary/aromatic N) is 1. The third-order valence-corrected chi connectivity index (χ3v) is 2.87. The van der Waals surface area contributed by atoms with Gasteiger partial charge in [0.2, 0.25) is 5.91 Å². The number of carbonyl (C=O) groups is 1. The van der Waals surface area contributed by atoms with Crippen molar-refractivity contribution >= 4 is 28.9 Å². The lowest BCUT2D eigenvalue weighted by molar-refractivity contribution is -0.384. The van der Waals surface area contributed by atoms with Crippen molar-refractivity contribution in [2.75, 3.05) is 5.32 Å². The summed E-state index contributed by atoms with van der Waals surface area (Å²) < 4.78 is 0. The van der Waals surface area contributed by atoms with Crippen LogP contribution >= 0.6 is 11.6 Å². The number of benzene rings is 2. The molecule has 0 aromatic heterocycles. The Labute approximate surface area is 120 Å². The Bertz CT molecular complexity index is 641. The van der Waals surface area contributed by atoms with Crippen LogP contribution in [0.1, 0.15) is 5.56 Å². The van der Waals surface area contributed by atoms with Crippen molar-refractivity contribution in [2.24, 2.45) is 0 Å². The van der Waals surface area contributed by atoms with Crippen LogP contribution in [-0.2, 0) is 11.2 Å². The second kappa shape index (κ2) is 6.16. The molecule has 0 saturated heterocycles. The predicted molar refractivity (Wildman–Crippen MR) is 76.9 cm³/mol. The Morgan fingerprint density at radius 1 is 1.20 bits per heavy atom. The molecule has 0 saturated carbocycles. The maximum atomic E-state index is 11.8. The van der Waals surface area contributed by atoms with Gasteiger partial charge in [-0.3, -0.25) is 14.9 Å². The van der Waals surface area contributed by atoms with Gasteiger partial charge in [0.15, 0.2) is 0 Å². The van der Waals surface area contributed by atoms with E-state index in [0.29, 0.717) is 10.7 Å². The Kier molecular flexibility index (Phi) is 4.32. The molecule has 1 amide bonds. The first-order valence-electron chi connectivity index (χ1n) is 5.83. The molecule has 2 rings (SSSR count). The van der Waals surface area contributed by atoms with Gasteiger partial charge in [-0.1, -0.05) is 29.8 Å². The van der Waals surface area contributed by atoms with Crippen LogP contribution in [0, 0.1) is 10.1 Å². The van der Waals surface area contributed by atoms with E-state index in [9.17, 15) is 14.9 Å².